The maximum atomic E-state index is 14.5. The third kappa shape index (κ3) is 10.6. The highest BCUT2D eigenvalue weighted by Gasteiger charge is 2.85. The summed E-state index contributed by atoms with van der Waals surface area (Å²) in [7, 11) is -0.700. The molecule has 14 heteroatoms. The molecule has 1 N–H and O–H groups in total. The van der Waals surface area contributed by atoms with Crippen molar-refractivity contribution in [3.05, 3.63) is 48.0 Å². The third-order valence-corrected chi connectivity index (χ3v) is 17.4. The van der Waals surface area contributed by atoms with Crippen LogP contribution in [0.1, 0.15) is 99.5 Å². The van der Waals surface area contributed by atoms with Gasteiger partial charge in [0.05, 0.1) is 14.2 Å². The first-order chi connectivity index (χ1) is 27.0. The lowest BCUT2D eigenvalue weighted by molar-refractivity contribution is -0.375. The van der Waals surface area contributed by atoms with Crippen molar-refractivity contribution >= 4 is 44.0 Å². The van der Waals surface area contributed by atoms with E-state index in [1.54, 1.807) is 6.26 Å². The van der Waals surface area contributed by atoms with E-state index in [2.05, 4.69) is 27.4 Å². The van der Waals surface area contributed by atoms with Crippen LogP contribution in [0.15, 0.2) is 42.5 Å². The van der Waals surface area contributed by atoms with E-state index in [0.717, 1.165) is 32.6 Å². The molecule has 0 aromatic heterocycles. The number of carbonyl (C=O) groups excluding carboxylic acids is 4. The average molecular weight is 851 g/mol. The molecule has 1 aromatic carbocycles. The number of carbonyl (C=O) groups is 4. The van der Waals surface area contributed by atoms with Crippen molar-refractivity contribution in [3.8, 4) is 0 Å². The van der Waals surface area contributed by atoms with E-state index >= 15 is 0 Å². The topological polar surface area (TPSA) is 153 Å². The maximum absolute atomic E-state index is 14.5. The molecule has 12 nitrogen and oxygen atoms in total. The van der Waals surface area contributed by atoms with E-state index in [1.807, 2.05) is 71.1 Å². The SMILES string of the molecule is C=C(CC[C@@]12O[C@H](CSC)[C@@](O)(C(=O)OC)[C@@](C(=O)OC)(O1)[C@H](OC(=O)CC[C@@H](C)C[C@@H](C)CC)[C@H]2O[Si](C)(C)C(C)(C)C)[C@@H](OC(C)=O)[C@H](C)Cc1ccccc1. The molecule has 0 spiro atoms. The van der Waals surface area contributed by atoms with Crippen molar-refractivity contribution in [1.29, 1.82) is 0 Å². The fourth-order valence-electron chi connectivity index (χ4n) is 7.92. The number of benzene rings is 1. The van der Waals surface area contributed by atoms with Gasteiger partial charge in [0, 0.05) is 31.4 Å². The Morgan fingerprint density at radius 1 is 0.983 bits per heavy atom. The predicted octanol–water partition coefficient (Wildman–Crippen LogP) is 7.59. The van der Waals surface area contributed by atoms with Crippen LogP contribution in [0.4, 0.5) is 0 Å². The number of esters is 4. The summed E-state index contributed by atoms with van der Waals surface area (Å²) >= 11 is 1.26. The second-order valence-electron chi connectivity index (χ2n) is 17.9. The zero-order valence-corrected chi connectivity index (χ0v) is 39.0. The zero-order valence-electron chi connectivity index (χ0n) is 37.1. The number of aliphatic hydroxyl groups is 1. The van der Waals surface area contributed by atoms with Gasteiger partial charge in [-0.2, -0.15) is 11.8 Å². The lowest BCUT2D eigenvalue weighted by atomic mass is 9.74. The van der Waals surface area contributed by atoms with Crippen LogP contribution in [0, 0.1) is 17.8 Å². The Balaban J connectivity index is 2.25. The van der Waals surface area contributed by atoms with Gasteiger partial charge in [0.25, 0.3) is 0 Å². The number of thioether (sulfide) groups is 1. The van der Waals surface area contributed by atoms with Crippen molar-refractivity contribution in [3.63, 3.8) is 0 Å². The molecule has 1 aromatic rings. The van der Waals surface area contributed by atoms with Gasteiger partial charge in [-0.3, -0.25) is 9.59 Å². The number of ether oxygens (including phenoxy) is 6. The highest BCUT2D eigenvalue weighted by Crippen LogP contribution is 2.59. The van der Waals surface area contributed by atoms with Crippen LogP contribution in [-0.4, -0.2) is 105 Å². The number of hydrogen-bond acceptors (Lipinski definition) is 13. The Labute approximate surface area is 351 Å². The number of rotatable bonds is 21. The van der Waals surface area contributed by atoms with E-state index in [1.165, 1.54) is 18.7 Å². The minimum atomic E-state index is -2.89. The highest BCUT2D eigenvalue weighted by atomic mass is 32.2. The van der Waals surface area contributed by atoms with Gasteiger partial charge in [0.1, 0.15) is 18.3 Å². The summed E-state index contributed by atoms with van der Waals surface area (Å²) in [5.41, 5.74) is -3.94. The van der Waals surface area contributed by atoms with Crippen LogP contribution in [0.3, 0.4) is 0 Å². The molecule has 0 radical (unpaired) electrons. The van der Waals surface area contributed by atoms with Gasteiger partial charge in [-0.25, -0.2) is 9.59 Å². The Morgan fingerprint density at radius 2 is 1.60 bits per heavy atom. The van der Waals surface area contributed by atoms with Crippen molar-refractivity contribution in [2.45, 2.75) is 160 Å². The standard InChI is InChI=1S/C44H70O12SSi/c1-15-28(2)25-29(3)21-22-35(46)53-38-37(55-58(13,14)41(7,8)9)42(24-23-30(4)36(52-32(6)45)31(5)26-33-19-17-16-18-20-33)54-34(27-57-12)43(49,39(47)50-10)44(38,56-42)40(48)51-11/h16-20,28-29,31,34,36-38,49H,4,15,21-27H2,1-3,5-14H3/t28-,29+,31+,34+,36+,37+,38+,42+,43+,44+/m0/s1. The summed E-state index contributed by atoms with van der Waals surface area (Å²) in [6, 6.07) is 9.83. The molecule has 2 saturated heterocycles. The first-order valence-electron chi connectivity index (χ1n) is 20.5. The van der Waals surface area contributed by atoms with Crippen molar-refractivity contribution in [1.82, 2.24) is 0 Å². The summed E-state index contributed by atoms with van der Waals surface area (Å²) in [6.07, 6.45) is -0.369. The van der Waals surface area contributed by atoms with Crippen LogP contribution in [0.25, 0.3) is 0 Å². The van der Waals surface area contributed by atoms with E-state index in [-0.39, 0.29) is 36.9 Å². The first-order valence-corrected chi connectivity index (χ1v) is 24.8. The molecule has 58 heavy (non-hydrogen) atoms. The molecule has 0 unspecified atom stereocenters. The summed E-state index contributed by atoms with van der Waals surface area (Å²) in [6.45, 7) is 24.2. The Morgan fingerprint density at radius 3 is 2.14 bits per heavy atom. The zero-order chi connectivity index (χ0) is 43.9. The fourth-order valence-corrected chi connectivity index (χ4v) is 9.83. The van der Waals surface area contributed by atoms with Crippen LogP contribution >= 0.6 is 11.8 Å². The van der Waals surface area contributed by atoms with Crippen molar-refractivity contribution < 1.29 is 57.1 Å². The second-order valence-corrected chi connectivity index (χ2v) is 23.6. The molecular weight excluding hydrogens is 781 g/mol. The largest absolute Gasteiger partial charge is 0.467 e. The third-order valence-electron chi connectivity index (χ3n) is 12.4. The maximum Gasteiger partial charge on any atom is 0.346 e. The van der Waals surface area contributed by atoms with Gasteiger partial charge >= 0.3 is 23.9 Å². The lowest BCUT2D eigenvalue weighted by Crippen LogP contribution is -2.77. The minimum absolute atomic E-state index is 0.00118. The van der Waals surface area contributed by atoms with Gasteiger partial charge in [-0.15, -0.1) is 0 Å². The van der Waals surface area contributed by atoms with Crippen LogP contribution in [0.5, 0.6) is 0 Å². The summed E-state index contributed by atoms with van der Waals surface area (Å²) in [5, 5.41) is 12.4. The van der Waals surface area contributed by atoms with Crippen LogP contribution in [-0.2, 0) is 58.4 Å². The Hall–Kier alpha value is -2.75. The van der Waals surface area contributed by atoms with Crippen LogP contribution in [0.2, 0.25) is 18.1 Å². The summed E-state index contributed by atoms with van der Waals surface area (Å²) in [5.74, 6) is -4.96. The van der Waals surface area contributed by atoms with Gasteiger partial charge in [-0.1, -0.05) is 91.8 Å². The monoisotopic (exact) mass is 850 g/mol. The average Bonchev–Trinajstić information content (AvgIpc) is 3.39. The fraction of sp³-hybridized carbons (Fsp3) is 0.727. The normalized spacial score (nSPS) is 27.8. The van der Waals surface area contributed by atoms with Crippen LogP contribution < -0.4 is 0 Å². The first kappa shape index (κ1) is 49.6. The molecule has 10 atom stereocenters. The molecule has 2 bridgehead atoms. The van der Waals surface area contributed by atoms with E-state index in [9.17, 15) is 24.3 Å². The molecule has 2 aliphatic heterocycles. The second kappa shape index (κ2) is 20.2. The van der Waals surface area contributed by atoms with E-state index in [4.69, 9.17) is 32.8 Å². The van der Waals surface area contributed by atoms with Gasteiger partial charge < -0.3 is 38.0 Å². The van der Waals surface area contributed by atoms with E-state index in [0.29, 0.717) is 24.3 Å². The van der Waals surface area contributed by atoms with Crippen molar-refractivity contribution in [2.24, 2.45) is 17.8 Å². The molecule has 0 saturated carbocycles. The molecule has 2 aliphatic rings. The smallest absolute Gasteiger partial charge is 0.346 e. The Bertz CT molecular complexity index is 1580. The predicted molar refractivity (Wildman–Crippen MR) is 226 cm³/mol. The minimum Gasteiger partial charge on any atom is -0.467 e. The van der Waals surface area contributed by atoms with Gasteiger partial charge in [-0.05, 0) is 73.0 Å². The highest BCUT2D eigenvalue weighted by molar-refractivity contribution is 7.98. The molecule has 2 fully saturated rings. The summed E-state index contributed by atoms with van der Waals surface area (Å²) < 4.78 is 43.6. The van der Waals surface area contributed by atoms with Crippen molar-refractivity contribution in [2.75, 3.05) is 26.2 Å². The summed E-state index contributed by atoms with van der Waals surface area (Å²) in [4.78, 5) is 55.1. The van der Waals surface area contributed by atoms with E-state index < -0.39 is 78.6 Å². The molecule has 3 rings (SSSR count). The molecular formula is C44H70O12SSi. The molecule has 2 heterocycles. The Kier molecular flexibility index (Phi) is 17.3. The number of hydrogen-bond donors (Lipinski definition) is 1. The molecule has 0 aliphatic carbocycles. The molecule has 328 valence electrons. The molecule has 0 amide bonds. The number of methoxy groups -OCH3 is 2. The van der Waals surface area contributed by atoms with Gasteiger partial charge in [0.2, 0.25) is 11.2 Å². The number of fused-ring (bicyclic) bond motifs is 2. The van der Waals surface area contributed by atoms with Gasteiger partial charge in [0.15, 0.2) is 20.2 Å². The lowest BCUT2D eigenvalue weighted by Gasteiger charge is -2.51. The quantitative estimate of drug-likeness (QED) is 0.0560.